The van der Waals surface area contributed by atoms with Gasteiger partial charge in [0.15, 0.2) is 0 Å². The molecule has 3 N–H and O–H groups in total. The number of ether oxygens (including phenoxy) is 1. The Morgan fingerprint density at radius 3 is 3.00 bits per heavy atom. The lowest BCUT2D eigenvalue weighted by molar-refractivity contribution is 0.315. The maximum Gasteiger partial charge on any atom is 0.142 e. The second kappa shape index (κ2) is 5.91. The lowest BCUT2D eigenvalue weighted by Gasteiger charge is -2.19. The first-order chi connectivity index (χ1) is 8.22. The van der Waals surface area contributed by atoms with E-state index in [1.165, 1.54) is 0 Å². The number of benzene rings is 1. The van der Waals surface area contributed by atoms with Gasteiger partial charge in [-0.25, -0.2) is 0 Å². The number of nitrogens with one attached hydrogen (secondary N) is 1. The van der Waals surface area contributed by atoms with Crippen LogP contribution >= 0.6 is 23.2 Å². The van der Waals surface area contributed by atoms with Crippen LogP contribution in [-0.2, 0) is 0 Å². The molecular formula is C12H16Cl2N2O. The van der Waals surface area contributed by atoms with E-state index in [9.17, 15) is 0 Å². The van der Waals surface area contributed by atoms with Gasteiger partial charge in [0.25, 0.3) is 0 Å². The largest absolute Gasteiger partial charge is 0.492 e. The molecular weight excluding hydrogens is 259 g/mol. The summed E-state index contributed by atoms with van der Waals surface area (Å²) in [5.41, 5.74) is 6.55. The summed E-state index contributed by atoms with van der Waals surface area (Å²) >= 11 is 12.2. The zero-order chi connectivity index (χ0) is 12.3. The molecule has 0 bridgehead atoms. The molecule has 1 aliphatic heterocycles. The van der Waals surface area contributed by atoms with Crippen LogP contribution < -0.4 is 15.8 Å². The van der Waals surface area contributed by atoms with Gasteiger partial charge in [-0.15, -0.1) is 0 Å². The van der Waals surface area contributed by atoms with Gasteiger partial charge in [0.1, 0.15) is 5.75 Å². The Bertz CT molecular complexity index is 398. The van der Waals surface area contributed by atoms with Crippen molar-refractivity contribution >= 4 is 23.2 Å². The van der Waals surface area contributed by atoms with Crippen molar-refractivity contribution in [3.05, 3.63) is 27.7 Å². The summed E-state index contributed by atoms with van der Waals surface area (Å²) in [4.78, 5) is 0. The van der Waals surface area contributed by atoms with Gasteiger partial charge in [0.2, 0.25) is 0 Å². The minimum absolute atomic E-state index is 0.215. The fraction of sp³-hybridized carbons (Fsp3) is 0.500. The van der Waals surface area contributed by atoms with E-state index in [0.717, 1.165) is 30.7 Å². The smallest absolute Gasteiger partial charge is 0.142 e. The summed E-state index contributed by atoms with van der Waals surface area (Å²) in [6.07, 6.45) is 1.99. The van der Waals surface area contributed by atoms with Crippen LogP contribution in [0.5, 0.6) is 5.75 Å². The summed E-state index contributed by atoms with van der Waals surface area (Å²) in [5.74, 6) is 0.753. The van der Waals surface area contributed by atoms with Crippen LogP contribution in [0.3, 0.4) is 0 Å². The Labute approximate surface area is 111 Å². The molecule has 0 spiro atoms. The summed E-state index contributed by atoms with van der Waals surface area (Å²) in [6, 6.07) is 3.85. The number of fused-ring (bicyclic) bond motifs is 1. The average molecular weight is 275 g/mol. The zero-order valence-corrected chi connectivity index (χ0v) is 11.0. The lowest BCUT2D eigenvalue weighted by atomic mass is 10.0. The van der Waals surface area contributed by atoms with E-state index in [-0.39, 0.29) is 6.04 Å². The zero-order valence-electron chi connectivity index (χ0n) is 9.51. The van der Waals surface area contributed by atoms with Gasteiger partial charge >= 0.3 is 0 Å². The first-order valence-corrected chi connectivity index (χ1v) is 6.53. The molecule has 0 aromatic heterocycles. The van der Waals surface area contributed by atoms with E-state index in [2.05, 4.69) is 5.32 Å². The molecule has 1 heterocycles. The van der Waals surface area contributed by atoms with E-state index < -0.39 is 0 Å². The van der Waals surface area contributed by atoms with Crippen molar-refractivity contribution in [3.8, 4) is 5.75 Å². The molecule has 17 heavy (non-hydrogen) atoms. The molecule has 1 aromatic carbocycles. The average Bonchev–Trinajstić information content (AvgIpc) is 2.49. The maximum absolute atomic E-state index is 6.16. The highest BCUT2D eigenvalue weighted by molar-refractivity contribution is 6.35. The molecule has 5 heteroatoms. The molecule has 1 atom stereocenters. The number of hydrogen-bond donors (Lipinski definition) is 2. The summed E-state index contributed by atoms with van der Waals surface area (Å²) in [6.45, 7) is 2.07. The SMILES string of the molecule is NCCNC1CCCOc2c(Cl)cc(Cl)cc21. The van der Waals surface area contributed by atoms with Gasteiger partial charge in [-0.3, -0.25) is 0 Å². The van der Waals surface area contributed by atoms with E-state index in [0.29, 0.717) is 23.2 Å². The van der Waals surface area contributed by atoms with Crippen LogP contribution in [0, 0.1) is 0 Å². The van der Waals surface area contributed by atoms with Crippen LogP contribution in [0.4, 0.5) is 0 Å². The monoisotopic (exact) mass is 274 g/mol. The first kappa shape index (κ1) is 13.0. The first-order valence-electron chi connectivity index (χ1n) is 5.77. The Morgan fingerprint density at radius 2 is 2.24 bits per heavy atom. The Hall–Kier alpha value is -0.480. The van der Waals surface area contributed by atoms with Crippen molar-refractivity contribution in [3.63, 3.8) is 0 Å². The summed E-state index contributed by atoms with van der Waals surface area (Å²) in [7, 11) is 0. The van der Waals surface area contributed by atoms with E-state index >= 15 is 0 Å². The lowest BCUT2D eigenvalue weighted by Crippen LogP contribution is -2.27. The molecule has 1 aromatic rings. The Balaban J connectivity index is 2.33. The quantitative estimate of drug-likeness (QED) is 0.891. The standard InChI is InChI=1S/C12H16Cl2N2O/c13-8-6-9-11(16-4-3-15)2-1-5-17-12(9)10(14)7-8/h6-7,11,16H,1-5,15H2. The van der Waals surface area contributed by atoms with E-state index in [4.69, 9.17) is 33.7 Å². The maximum atomic E-state index is 6.16. The minimum Gasteiger partial charge on any atom is -0.492 e. The Morgan fingerprint density at radius 1 is 1.41 bits per heavy atom. The van der Waals surface area contributed by atoms with Gasteiger partial charge in [-0.1, -0.05) is 23.2 Å². The van der Waals surface area contributed by atoms with Crippen molar-refractivity contribution in [1.82, 2.24) is 5.32 Å². The fourth-order valence-corrected chi connectivity index (χ4v) is 2.64. The topological polar surface area (TPSA) is 47.3 Å². The highest BCUT2D eigenvalue weighted by Crippen LogP contribution is 2.39. The third-order valence-electron chi connectivity index (χ3n) is 2.83. The predicted octanol–water partition coefficient (Wildman–Crippen LogP) is 2.76. The van der Waals surface area contributed by atoms with E-state index in [1.807, 2.05) is 6.07 Å². The molecule has 0 amide bonds. The van der Waals surface area contributed by atoms with Gasteiger partial charge < -0.3 is 15.8 Å². The number of rotatable bonds is 3. The normalized spacial score (nSPS) is 19.4. The van der Waals surface area contributed by atoms with Crippen molar-refractivity contribution in [2.45, 2.75) is 18.9 Å². The molecule has 94 valence electrons. The van der Waals surface area contributed by atoms with E-state index in [1.54, 1.807) is 6.07 Å². The molecule has 0 saturated carbocycles. The highest BCUT2D eigenvalue weighted by atomic mass is 35.5. The number of hydrogen-bond acceptors (Lipinski definition) is 3. The van der Waals surface area contributed by atoms with Gasteiger partial charge in [-0.05, 0) is 25.0 Å². The van der Waals surface area contributed by atoms with Gasteiger partial charge in [0.05, 0.1) is 11.6 Å². The third-order valence-corrected chi connectivity index (χ3v) is 3.33. The summed E-state index contributed by atoms with van der Waals surface area (Å²) in [5, 5.41) is 4.62. The van der Waals surface area contributed by atoms with Crippen LogP contribution in [-0.4, -0.2) is 19.7 Å². The molecule has 1 unspecified atom stereocenters. The molecule has 0 radical (unpaired) electrons. The van der Waals surface area contributed by atoms with Crippen molar-refractivity contribution in [1.29, 1.82) is 0 Å². The molecule has 0 fully saturated rings. The number of halogens is 2. The van der Waals surface area contributed by atoms with Crippen molar-refractivity contribution in [2.75, 3.05) is 19.7 Å². The van der Waals surface area contributed by atoms with Crippen LogP contribution in [0.15, 0.2) is 12.1 Å². The number of nitrogens with two attached hydrogens (primary N) is 1. The fourth-order valence-electron chi connectivity index (χ4n) is 2.08. The molecule has 2 rings (SSSR count). The minimum atomic E-state index is 0.215. The second-order valence-electron chi connectivity index (χ2n) is 4.09. The molecule has 1 aliphatic rings. The predicted molar refractivity (Wildman–Crippen MR) is 71.0 cm³/mol. The van der Waals surface area contributed by atoms with Crippen LogP contribution in [0.1, 0.15) is 24.4 Å². The highest BCUT2D eigenvalue weighted by Gasteiger charge is 2.22. The molecule has 0 saturated heterocycles. The van der Waals surface area contributed by atoms with Crippen molar-refractivity contribution in [2.24, 2.45) is 5.73 Å². The third kappa shape index (κ3) is 3.05. The van der Waals surface area contributed by atoms with Crippen LogP contribution in [0.2, 0.25) is 10.0 Å². The van der Waals surface area contributed by atoms with Crippen LogP contribution in [0.25, 0.3) is 0 Å². The van der Waals surface area contributed by atoms with Crippen molar-refractivity contribution < 1.29 is 4.74 Å². The second-order valence-corrected chi connectivity index (χ2v) is 4.94. The van der Waals surface area contributed by atoms with Gasteiger partial charge in [-0.2, -0.15) is 0 Å². The van der Waals surface area contributed by atoms with Gasteiger partial charge in [0, 0.05) is 29.7 Å². The molecule has 3 nitrogen and oxygen atoms in total. The molecule has 0 aliphatic carbocycles. The summed E-state index contributed by atoms with van der Waals surface area (Å²) < 4.78 is 5.68. The Kier molecular flexibility index (Phi) is 4.51.